The molecule has 4 rings (SSSR count). The summed E-state index contributed by atoms with van der Waals surface area (Å²) in [4.78, 5) is 0. The molecule has 7 nitrogen and oxygen atoms in total. The normalized spacial score (nSPS) is 32.7. The first-order valence-corrected chi connectivity index (χ1v) is 7.63. The zero-order chi connectivity index (χ0) is 15.3. The zero-order valence-electron chi connectivity index (χ0n) is 12.4. The van der Waals surface area contributed by atoms with Gasteiger partial charge in [0.05, 0.1) is 23.7 Å². The van der Waals surface area contributed by atoms with Crippen LogP contribution in [0.25, 0.3) is 0 Å². The number of nitriles is 1. The predicted octanol–water partition coefficient (Wildman–Crippen LogP) is 1.22. The minimum Gasteiger partial charge on any atom is -0.420 e. The molecule has 0 aliphatic carbocycles. The highest BCUT2D eigenvalue weighted by atomic mass is 16.7. The van der Waals surface area contributed by atoms with Crippen molar-refractivity contribution in [3.63, 3.8) is 0 Å². The number of aromatic nitrogens is 2. The molecule has 4 heterocycles. The topological polar surface area (TPSA) is 106 Å². The van der Waals surface area contributed by atoms with E-state index in [1.807, 2.05) is 0 Å². The Morgan fingerprint density at radius 1 is 1.55 bits per heavy atom. The van der Waals surface area contributed by atoms with Crippen molar-refractivity contribution in [3.05, 3.63) is 22.7 Å². The van der Waals surface area contributed by atoms with Gasteiger partial charge in [-0.3, -0.25) is 5.10 Å². The zero-order valence-corrected chi connectivity index (χ0v) is 12.4. The fourth-order valence-corrected chi connectivity index (χ4v) is 3.83. The van der Waals surface area contributed by atoms with E-state index in [4.69, 9.17) is 19.9 Å². The number of rotatable bonds is 2. The minimum absolute atomic E-state index is 0.0992. The molecule has 2 fully saturated rings. The van der Waals surface area contributed by atoms with Gasteiger partial charge >= 0.3 is 0 Å². The Labute approximate surface area is 128 Å². The van der Waals surface area contributed by atoms with E-state index >= 15 is 0 Å². The van der Waals surface area contributed by atoms with Gasteiger partial charge in [0.1, 0.15) is 11.6 Å². The van der Waals surface area contributed by atoms with Crippen LogP contribution >= 0.6 is 0 Å². The van der Waals surface area contributed by atoms with Crippen LogP contribution in [0.4, 0.5) is 0 Å². The van der Waals surface area contributed by atoms with E-state index in [-0.39, 0.29) is 12.0 Å². The van der Waals surface area contributed by atoms with Crippen LogP contribution in [0.5, 0.6) is 5.88 Å². The van der Waals surface area contributed by atoms with E-state index < -0.39 is 11.7 Å². The summed E-state index contributed by atoms with van der Waals surface area (Å²) in [6.07, 6.45) is 2.95. The summed E-state index contributed by atoms with van der Waals surface area (Å²) >= 11 is 0. The molecule has 1 aromatic rings. The van der Waals surface area contributed by atoms with Crippen LogP contribution in [-0.2, 0) is 21.3 Å². The molecule has 3 aliphatic rings. The Kier molecular flexibility index (Phi) is 2.93. The summed E-state index contributed by atoms with van der Waals surface area (Å²) < 4.78 is 17.4. The van der Waals surface area contributed by atoms with Crippen molar-refractivity contribution in [1.29, 1.82) is 5.26 Å². The molecule has 0 unspecified atom stereocenters. The van der Waals surface area contributed by atoms with Crippen molar-refractivity contribution in [2.24, 2.45) is 5.73 Å². The van der Waals surface area contributed by atoms with Gasteiger partial charge < -0.3 is 19.9 Å². The van der Waals surface area contributed by atoms with Gasteiger partial charge in [0.25, 0.3) is 0 Å². The number of aryl methyl sites for hydroxylation is 1. The van der Waals surface area contributed by atoms with Gasteiger partial charge in [0.2, 0.25) is 11.8 Å². The summed E-state index contributed by atoms with van der Waals surface area (Å²) in [5.74, 6) is 0.541. The molecule has 7 heteroatoms. The number of hydrogen-bond donors (Lipinski definition) is 2. The quantitative estimate of drug-likeness (QED) is 0.851. The van der Waals surface area contributed by atoms with Crippen LogP contribution in [0, 0.1) is 11.3 Å². The van der Waals surface area contributed by atoms with Gasteiger partial charge in [-0.25, -0.2) is 0 Å². The number of ether oxygens (including phenoxy) is 3. The van der Waals surface area contributed by atoms with Crippen molar-refractivity contribution in [1.82, 2.24) is 10.2 Å². The molecule has 0 saturated carbocycles. The number of aromatic amines is 1. The highest BCUT2D eigenvalue weighted by molar-refractivity contribution is 5.55. The molecule has 22 heavy (non-hydrogen) atoms. The molecule has 3 atom stereocenters. The predicted molar refractivity (Wildman–Crippen MR) is 75.6 cm³/mol. The third-order valence-electron chi connectivity index (χ3n) is 4.78. The van der Waals surface area contributed by atoms with Crippen molar-refractivity contribution in [3.8, 4) is 11.9 Å². The highest BCUT2D eigenvalue weighted by Crippen LogP contribution is 2.54. The van der Waals surface area contributed by atoms with Gasteiger partial charge in [-0.2, -0.15) is 5.26 Å². The Morgan fingerprint density at radius 2 is 2.41 bits per heavy atom. The summed E-state index contributed by atoms with van der Waals surface area (Å²) in [5.41, 5.74) is 7.52. The van der Waals surface area contributed by atoms with E-state index in [1.165, 1.54) is 0 Å². The first kappa shape index (κ1) is 13.6. The Morgan fingerprint density at radius 3 is 3.18 bits per heavy atom. The molecule has 2 saturated heterocycles. The Bertz CT molecular complexity index is 689. The largest absolute Gasteiger partial charge is 0.420 e. The minimum atomic E-state index is -0.711. The summed E-state index contributed by atoms with van der Waals surface area (Å²) in [5, 5.41) is 17.0. The highest BCUT2D eigenvalue weighted by Gasteiger charge is 2.58. The number of H-pyrrole nitrogens is 1. The average Bonchev–Trinajstić information content (AvgIpc) is 3.09. The second-order valence-electron chi connectivity index (χ2n) is 6.02. The van der Waals surface area contributed by atoms with Crippen LogP contribution in [0.2, 0.25) is 0 Å². The van der Waals surface area contributed by atoms with Crippen LogP contribution < -0.4 is 10.5 Å². The maximum atomic E-state index is 9.68. The molecule has 116 valence electrons. The Balaban J connectivity index is 1.94. The SMILES string of the molecule is CCCc1[nH]nc2c1[C@]1(CC[C@H]3CO[C@@H]1O3)C(C#N)=C(N)O2. The van der Waals surface area contributed by atoms with Crippen LogP contribution in [0.3, 0.4) is 0 Å². The van der Waals surface area contributed by atoms with E-state index in [1.54, 1.807) is 0 Å². The van der Waals surface area contributed by atoms with E-state index in [9.17, 15) is 5.26 Å². The first-order valence-electron chi connectivity index (χ1n) is 7.63. The summed E-state index contributed by atoms with van der Waals surface area (Å²) in [6, 6.07) is 2.23. The summed E-state index contributed by atoms with van der Waals surface area (Å²) in [6.45, 7) is 2.65. The maximum Gasteiger partial charge on any atom is 0.244 e. The molecule has 2 bridgehead atoms. The van der Waals surface area contributed by atoms with Crippen LogP contribution in [0.15, 0.2) is 11.5 Å². The lowest BCUT2D eigenvalue weighted by Crippen LogP contribution is -2.48. The average molecular weight is 302 g/mol. The molecular formula is C15H18N4O3. The maximum absolute atomic E-state index is 9.68. The smallest absolute Gasteiger partial charge is 0.244 e. The van der Waals surface area contributed by atoms with E-state index in [2.05, 4.69) is 23.2 Å². The lowest BCUT2D eigenvalue weighted by molar-refractivity contribution is -0.126. The van der Waals surface area contributed by atoms with Gasteiger partial charge in [-0.05, 0) is 19.3 Å². The molecule has 0 amide bonds. The lowest BCUT2D eigenvalue weighted by Gasteiger charge is -2.42. The van der Waals surface area contributed by atoms with Gasteiger partial charge in [-0.15, -0.1) is 5.10 Å². The lowest BCUT2D eigenvalue weighted by atomic mass is 9.68. The van der Waals surface area contributed by atoms with E-state index in [0.717, 1.165) is 36.9 Å². The molecule has 3 aliphatic heterocycles. The van der Waals surface area contributed by atoms with Gasteiger partial charge in [0, 0.05) is 5.69 Å². The fourth-order valence-electron chi connectivity index (χ4n) is 3.83. The standard InChI is InChI=1S/C15H18N4O3/c1-2-3-10-11-13(19-18-10)22-12(17)9(6-16)15(11)5-4-8-7-20-14(15)21-8/h8,14H,2-5,7,17H2,1H3,(H,18,19)/t8-,14+,15-/m0/s1. The third kappa shape index (κ3) is 1.59. The molecule has 0 aromatic carbocycles. The first-order chi connectivity index (χ1) is 10.7. The Hall–Kier alpha value is -2.04. The number of fused-ring (bicyclic) bond motifs is 5. The third-order valence-corrected chi connectivity index (χ3v) is 4.78. The second-order valence-corrected chi connectivity index (χ2v) is 6.02. The number of nitrogens with zero attached hydrogens (tertiary/aromatic N) is 2. The van der Waals surface area contributed by atoms with Crippen LogP contribution in [0.1, 0.15) is 37.4 Å². The van der Waals surface area contributed by atoms with Crippen molar-refractivity contribution >= 4 is 0 Å². The number of nitrogens with one attached hydrogen (secondary N) is 1. The van der Waals surface area contributed by atoms with Crippen molar-refractivity contribution in [2.45, 2.75) is 50.4 Å². The van der Waals surface area contributed by atoms with Gasteiger partial charge in [0.15, 0.2) is 6.29 Å². The van der Waals surface area contributed by atoms with Gasteiger partial charge in [-0.1, -0.05) is 13.3 Å². The number of hydrogen-bond acceptors (Lipinski definition) is 6. The van der Waals surface area contributed by atoms with Crippen molar-refractivity contribution in [2.75, 3.05) is 6.61 Å². The van der Waals surface area contributed by atoms with Crippen molar-refractivity contribution < 1.29 is 14.2 Å². The molecule has 1 aromatic heterocycles. The monoisotopic (exact) mass is 302 g/mol. The van der Waals surface area contributed by atoms with Crippen LogP contribution in [-0.4, -0.2) is 29.2 Å². The number of nitrogens with two attached hydrogens (primary N) is 1. The molecular weight excluding hydrogens is 284 g/mol. The van der Waals surface area contributed by atoms with E-state index in [0.29, 0.717) is 18.1 Å². The second kappa shape index (κ2) is 4.73. The molecule has 0 radical (unpaired) electrons. The molecule has 3 N–H and O–H groups in total. The summed E-state index contributed by atoms with van der Waals surface area (Å²) in [7, 11) is 0. The fraction of sp³-hybridized carbons (Fsp3) is 0.600. The molecule has 1 spiro atoms.